The number of rotatable bonds is 12. The van der Waals surface area contributed by atoms with Gasteiger partial charge in [0.1, 0.15) is 0 Å². The van der Waals surface area contributed by atoms with E-state index in [2.05, 4.69) is 0 Å². The van der Waals surface area contributed by atoms with Crippen LogP contribution in [0.5, 0.6) is 0 Å². The second-order valence-corrected chi connectivity index (χ2v) is 8.51. The second-order valence-electron chi connectivity index (χ2n) is 4.96. The molecule has 0 aliphatic carbocycles. The molecule has 6 nitrogen and oxygen atoms in total. The summed E-state index contributed by atoms with van der Waals surface area (Å²) in [6, 6.07) is 0. The molecule has 0 spiro atoms. The molecule has 0 aromatic carbocycles. The van der Waals surface area contributed by atoms with E-state index in [-0.39, 0.29) is 12.3 Å². The van der Waals surface area contributed by atoms with Crippen molar-refractivity contribution in [2.45, 2.75) is 57.8 Å². The Balaban J connectivity index is 3.16. The number of hydrogen-bond acceptors (Lipinski definition) is 2. The molecule has 0 aliphatic heterocycles. The third kappa shape index (κ3) is 18.3. The van der Waals surface area contributed by atoms with Crippen molar-refractivity contribution in [1.82, 2.24) is 0 Å². The average molecular weight is 316 g/mol. The molecule has 116 valence electrons. The molecule has 0 saturated carbocycles. The second kappa shape index (κ2) is 10.1. The molecule has 0 aliphatic rings. The maximum Gasteiger partial charge on any atom is 0.325 e. The van der Waals surface area contributed by atoms with Crippen LogP contribution < -0.4 is 0 Å². The first-order valence-electron chi connectivity index (χ1n) is 6.80. The lowest BCUT2D eigenvalue weighted by Gasteiger charge is -2.04. The molecule has 0 fully saturated rings. The van der Waals surface area contributed by atoms with Gasteiger partial charge in [-0.15, -0.1) is 0 Å². The van der Waals surface area contributed by atoms with Crippen molar-refractivity contribution in [3.8, 4) is 0 Å². The van der Waals surface area contributed by atoms with Crippen molar-refractivity contribution in [2.24, 2.45) is 0 Å². The summed E-state index contributed by atoms with van der Waals surface area (Å²) in [5, 5.41) is 0. The summed E-state index contributed by atoms with van der Waals surface area (Å²) in [6.07, 6.45) is 7.98. The molecular formula is C11H26O6P2. The lowest BCUT2D eigenvalue weighted by atomic mass is 10.1. The van der Waals surface area contributed by atoms with E-state index in [0.29, 0.717) is 12.8 Å². The van der Waals surface area contributed by atoms with Crippen LogP contribution in [-0.2, 0) is 9.13 Å². The fourth-order valence-electron chi connectivity index (χ4n) is 1.87. The molecule has 0 unspecified atom stereocenters. The Morgan fingerprint density at radius 3 is 0.895 bits per heavy atom. The van der Waals surface area contributed by atoms with E-state index in [1.807, 2.05) is 0 Å². The first-order valence-corrected chi connectivity index (χ1v) is 10.4. The molecule has 19 heavy (non-hydrogen) atoms. The van der Waals surface area contributed by atoms with Gasteiger partial charge >= 0.3 is 15.2 Å². The smallest absolute Gasteiger partial charge is 0.324 e. The van der Waals surface area contributed by atoms with Gasteiger partial charge in [0.25, 0.3) is 0 Å². The summed E-state index contributed by atoms with van der Waals surface area (Å²) in [6.45, 7) is 0. The fourth-order valence-corrected chi connectivity index (χ4v) is 3.14. The highest BCUT2D eigenvalue weighted by Crippen LogP contribution is 2.36. The van der Waals surface area contributed by atoms with Crippen LogP contribution in [0, 0.1) is 0 Å². The van der Waals surface area contributed by atoms with Crippen molar-refractivity contribution in [3.05, 3.63) is 0 Å². The first kappa shape index (κ1) is 19.3. The van der Waals surface area contributed by atoms with E-state index in [1.165, 1.54) is 0 Å². The molecule has 0 radical (unpaired) electrons. The first-order chi connectivity index (χ1) is 8.71. The van der Waals surface area contributed by atoms with Gasteiger partial charge < -0.3 is 19.6 Å². The normalized spacial score (nSPS) is 12.8. The number of hydrogen-bond donors (Lipinski definition) is 4. The molecule has 0 heterocycles. The van der Waals surface area contributed by atoms with Crippen LogP contribution in [0.3, 0.4) is 0 Å². The minimum atomic E-state index is -3.82. The van der Waals surface area contributed by atoms with Gasteiger partial charge in [0.05, 0.1) is 0 Å². The Labute approximate surface area is 114 Å². The van der Waals surface area contributed by atoms with Crippen LogP contribution in [0.2, 0.25) is 0 Å². The average Bonchev–Trinajstić information content (AvgIpc) is 2.22. The highest BCUT2D eigenvalue weighted by atomic mass is 31.2. The van der Waals surface area contributed by atoms with Gasteiger partial charge in [-0.25, -0.2) is 0 Å². The third-order valence-corrected chi connectivity index (χ3v) is 4.70. The minimum absolute atomic E-state index is 0.0185. The van der Waals surface area contributed by atoms with E-state index in [4.69, 9.17) is 19.6 Å². The highest BCUT2D eigenvalue weighted by Gasteiger charge is 2.11. The monoisotopic (exact) mass is 316 g/mol. The highest BCUT2D eigenvalue weighted by molar-refractivity contribution is 7.52. The van der Waals surface area contributed by atoms with Crippen molar-refractivity contribution < 1.29 is 28.7 Å². The summed E-state index contributed by atoms with van der Waals surface area (Å²) < 4.78 is 21.2. The predicted molar refractivity (Wildman–Crippen MR) is 75.4 cm³/mol. The van der Waals surface area contributed by atoms with Gasteiger partial charge in [0.15, 0.2) is 0 Å². The van der Waals surface area contributed by atoms with E-state index in [9.17, 15) is 9.13 Å². The molecule has 0 bridgehead atoms. The van der Waals surface area contributed by atoms with Crippen molar-refractivity contribution in [1.29, 1.82) is 0 Å². The Morgan fingerprint density at radius 2 is 0.684 bits per heavy atom. The largest absolute Gasteiger partial charge is 0.325 e. The topological polar surface area (TPSA) is 115 Å². The standard InChI is InChI=1S/C11H26O6P2/c12-18(13,14)10-8-6-4-2-1-3-5-7-9-11-19(15,16)17/h1-11H2,(H2,12,13,14)(H2,15,16,17). The van der Waals surface area contributed by atoms with Crippen molar-refractivity contribution in [2.75, 3.05) is 12.3 Å². The summed E-state index contributed by atoms with van der Waals surface area (Å²) >= 11 is 0. The van der Waals surface area contributed by atoms with Crippen molar-refractivity contribution >= 4 is 15.2 Å². The molecule has 0 aromatic rings. The maximum absolute atomic E-state index is 10.6. The quantitative estimate of drug-likeness (QED) is 0.325. The lowest BCUT2D eigenvalue weighted by Crippen LogP contribution is -1.89. The predicted octanol–water partition coefficient (Wildman–Crippen LogP) is 2.85. The zero-order valence-corrected chi connectivity index (χ0v) is 13.1. The van der Waals surface area contributed by atoms with Gasteiger partial charge in [0, 0.05) is 12.3 Å². The van der Waals surface area contributed by atoms with Crippen LogP contribution in [0.1, 0.15) is 57.8 Å². The fraction of sp³-hybridized carbons (Fsp3) is 1.00. The van der Waals surface area contributed by atoms with E-state index >= 15 is 0 Å². The molecule has 8 heteroatoms. The van der Waals surface area contributed by atoms with Gasteiger partial charge in [-0.1, -0.05) is 44.9 Å². The molecule has 0 saturated heterocycles. The summed E-state index contributed by atoms with van der Waals surface area (Å²) in [4.78, 5) is 34.6. The Hall–Kier alpha value is 0.300. The summed E-state index contributed by atoms with van der Waals surface area (Å²) in [7, 11) is -7.63. The van der Waals surface area contributed by atoms with Gasteiger partial charge in [-0.3, -0.25) is 9.13 Å². The van der Waals surface area contributed by atoms with E-state index < -0.39 is 15.2 Å². The zero-order valence-electron chi connectivity index (χ0n) is 11.3. The van der Waals surface area contributed by atoms with E-state index in [0.717, 1.165) is 44.9 Å². The van der Waals surface area contributed by atoms with Gasteiger partial charge in [0.2, 0.25) is 0 Å². The Morgan fingerprint density at radius 1 is 0.474 bits per heavy atom. The van der Waals surface area contributed by atoms with Crippen LogP contribution in [0.25, 0.3) is 0 Å². The van der Waals surface area contributed by atoms with Crippen LogP contribution >= 0.6 is 15.2 Å². The van der Waals surface area contributed by atoms with Gasteiger partial charge in [-0.05, 0) is 12.8 Å². The molecule has 0 atom stereocenters. The lowest BCUT2D eigenvalue weighted by molar-refractivity contribution is 0.369. The molecule has 0 rings (SSSR count). The molecule has 4 N–H and O–H groups in total. The third-order valence-electron chi connectivity index (χ3n) is 2.90. The van der Waals surface area contributed by atoms with Crippen LogP contribution in [0.15, 0.2) is 0 Å². The van der Waals surface area contributed by atoms with Gasteiger partial charge in [-0.2, -0.15) is 0 Å². The molecule has 0 aromatic heterocycles. The molecule has 0 amide bonds. The van der Waals surface area contributed by atoms with Crippen molar-refractivity contribution in [3.63, 3.8) is 0 Å². The maximum atomic E-state index is 10.6. The Kier molecular flexibility index (Phi) is 10.2. The van der Waals surface area contributed by atoms with Crippen LogP contribution in [0.4, 0.5) is 0 Å². The SMILES string of the molecule is O=P(O)(O)CCCCCCCCCCCP(=O)(O)O. The van der Waals surface area contributed by atoms with Crippen LogP contribution in [-0.4, -0.2) is 31.9 Å². The number of unbranched alkanes of at least 4 members (excludes halogenated alkanes) is 8. The summed E-state index contributed by atoms with van der Waals surface area (Å²) in [5.41, 5.74) is 0. The minimum Gasteiger partial charge on any atom is -0.324 e. The molecular weight excluding hydrogens is 290 g/mol. The Bertz CT molecular complexity index is 278. The van der Waals surface area contributed by atoms with E-state index in [1.54, 1.807) is 0 Å². The zero-order chi connectivity index (χ0) is 14.8. The summed E-state index contributed by atoms with van der Waals surface area (Å²) in [5.74, 6) is 0.